The Labute approximate surface area is 230 Å². The molecule has 2 N–H and O–H groups in total. The van der Waals surface area contributed by atoms with Crippen LogP contribution in [0.15, 0.2) is 83.2 Å². The van der Waals surface area contributed by atoms with Crippen molar-refractivity contribution in [2.45, 2.75) is 37.7 Å². The Bertz CT molecular complexity index is 1530. The molecule has 0 aliphatic carbocycles. The van der Waals surface area contributed by atoms with Crippen molar-refractivity contribution in [3.05, 3.63) is 110 Å². The second-order valence-electron chi connectivity index (χ2n) is 8.87. The van der Waals surface area contributed by atoms with E-state index in [-0.39, 0.29) is 5.91 Å². The maximum atomic E-state index is 13.8. The summed E-state index contributed by atoms with van der Waals surface area (Å²) in [6, 6.07) is 20.6. The molecule has 1 atom stereocenters. The Morgan fingerprint density at radius 1 is 1.05 bits per heavy atom. The maximum absolute atomic E-state index is 13.8. The van der Waals surface area contributed by atoms with Crippen molar-refractivity contribution in [2.75, 3.05) is 10.6 Å². The summed E-state index contributed by atoms with van der Waals surface area (Å²) in [6.45, 7) is 5.90. The number of carbonyl (C=O) groups is 1. The molecule has 2 heterocycles. The van der Waals surface area contributed by atoms with Crippen molar-refractivity contribution in [3.63, 3.8) is 0 Å². The molecule has 0 spiro atoms. The first-order valence-electron chi connectivity index (χ1n) is 11.8. The number of carbonyl (C=O) groups excluding carboxylic acids is 1. The van der Waals surface area contributed by atoms with Crippen LogP contribution < -0.4 is 10.6 Å². The van der Waals surface area contributed by atoms with Gasteiger partial charge in [0.25, 0.3) is 5.91 Å². The highest BCUT2D eigenvalue weighted by molar-refractivity contribution is 7.98. The SMILES string of the molecule is CC1=C(C(=O)Nc2cccc(C)c2C)C(c2cccc(Cl)c2)n2nc(SCc3ccccc3Cl)nc2N1. The van der Waals surface area contributed by atoms with Gasteiger partial charge in [0.15, 0.2) is 0 Å². The van der Waals surface area contributed by atoms with Crippen molar-refractivity contribution in [1.29, 1.82) is 0 Å². The van der Waals surface area contributed by atoms with Crippen molar-refractivity contribution < 1.29 is 4.79 Å². The predicted molar refractivity (Wildman–Crippen MR) is 151 cm³/mol. The van der Waals surface area contributed by atoms with E-state index in [4.69, 9.17) is 33.3 Å². The minimum Gasteiger partial charge on any atom is -0.328 e. The highest BCUT2D eigenvalue weighted by Gasteiger charge is 2.34. The topological polar surface area (TPSA) is 71.8 Å². The third-order valence-electron chi connectivity index (χ3n) is 6.41. The molecule has 1 amide bonds. The van der Waals surface area contributed by atoms with Crippen LogP contribution in [0.3, 0.4) is 0 Å². The second kappa shape index (κ2) is 10.6. The van der Waals surface area contributed by atoms with Gasteiger partial charge in [-0.25, -0.2) is 4.68 Å². The lowest BCUT2D eigenvalue weighted by Gasteiger charge is -2.29. The number of nitrogens with zero attached hydrogens (tertiary/aromatic N) is 3. The summed E-state index contributed by atoms with van der Waals surface area (Å²) < 4.78 is 1.76. The van der Waals surface area contributed by atoms with E-state index in [0.717, 1.165) is 27.9 Å². The summed E-state index contributed by atoms with van der Waals surface area (Å²) in [4.78, 5) is 18.5. The molecule has 0 bridgehead atoms. The number of rotatable bonds is 6. The summed E-state index contributed by atoms with van der Waals surface area (Å²) in [6.07, 6.45) is 0. The average Bonchev–Trinajstić information content (AvgIpc) is 3.27. The van der Waals surface area contributed by atoms with Gasteiger partial charge in [0.1, 0.15) is 6.04 Å². The van der Waals surface area contributed by atoms with E-state index in [9.17, 15) is 4.79 Å². The standard InChI is InChI=1S/C28H25Cl2N5OS/c1-16-8-6-13-23(17(16)2)32-26(36)24-18(3)31-27-33-28(37-15-20-9-4-5-12-22(20)30)34-35(27)25(24)19-10-7-11-21(29)14-19/h4-14,25H,15H2,1-3H3,(H,32,36)(H,31,33,34). The second-order valence-corrected chi connectivity index (χ2v) is 10.7. The predicted octanol–water partition coefficient (Wildman–Crippen LogP) is 7.42. The van der Waals surface area contributed by atoms with Crippen LogP contribution in [0.1, 0.15) is 35.2 Å². The molecule has 0 saturated carbocycles. The lowest BCUT2D eigenvalue weighted by atomic mass is 9.95. The van der Waals surface area contributed by atoms with E-state index in [0.29, 0.717) is 38.2 Å². The van der Waals surface area contributed by atoms with Crippen molar-refractivity contribution in [2.24, 2.45) is 0 Å². The zero-order valence-corrected chi connectivity index (χ0v) is 22.9. The number of halogens is 2. The fraction of sp³-hybridized carbons (Fsp3) is 0.179. The maximum Gasteiger partial charge on any atom is 0.255 e. The quantitative estimate of drug-likeness (QED) is 0.245. The number of thioether (sulfide) groups is 1. The third kappa shape index (κ3) is 5.25. The molecule has 1 aliphatic heterocycles. The largest absolute Gasteiger partial charge is 0.328 e. The number of benzene rings is 3. The number of aryl methyl sites for hydroxylation is 1. The Morgan fingerprint density at radius 3 is 2.62 bits per heavy atom. The lowest BCUT2D eigenvalue weighted by Crippen LogP contribution is -2.31. The highest BCUT2D eigenvalue weighted by Crippen LogP contribution is 2.38. The van der Waals surface area contributed by atoms with Crippen LogP contribution in [0.5, 0.6) is 0 Å². The molecule has 6 nitrogen and oxygen atoms in total. The molecule has 188 valence electrons. The molecule has 1 aliphatic rings. The van der Waals surface area contributed by atoms with Gasteiger partial charge in [-0.1, -0.05) is 77.4 Å². The molecule has 0 fully saturated rings. The Kier molecular flexibility index (Phi) is 7.29. The number of aromatic nitrogens is 3. The van der Waals surface area contributed by atoms with Gasteiger partial charge >= 0.3 is 0 Å². The van der Waals surface area contributed by atoms with Crippen LogP contribution in [0.4, 0.5) is 11.6 Å². The molecule has 37 heavy (non-hydrogen) atoms. The Morgan fingerprint density at radius 2 is 1.84 bits per heavy atom. The first-order chi connectivity index (χ1) is 17.8. The lowest BCUT2D eigenvalue weighted by molar-refractivity contribution is -0.113. The molecular formula is C28H25Cl2N5OS. The minimum absolute atomic E-state index is 0.213. The van der Waals surface area contributed by atoms with Crippen molar-refractivity contribution >= 4 is 52.5 Å². The van der Waals surface area contributed by atoms with Crippen LogP contribution in [0, 0.1) is 13.8 Å². The van der Waals surface area contributed by atoms with Crippen LogP contribution in [-0.4, -0.2) is 20.7 Å². The van der Waals surface area contributed by atoms with Crippen LogP contribution in [-0.2, 0) is 10.5 Å². The summed E-state index contributed by atoms with van der Waals surface area (Å²) in [7, 11) is 0. The fourth-order valence-electron chi connectivity index (χ4n) is 4.31. The van der Waals surface area contributed by atoms with E-state index in [1.807, 2.05) is 87.5 Å². The van der Waals surface area contributed by atoms with Gasteiger partial charge < -0.3 is 10.6 Å². The van der Waals surface area contributed by atoms with Crippen LogP contribution in [0.25, 0.3) is 0 Å². The number of nitrogens with one attached hydrogen (secondary N) is 2. The molecular weight excluding hydrogens is 525 g/mol. The smallest absolute Gasteiger partial charge is 0.255 e. The first-order valence-corrected chi connectivity index (χ1v) is 13.5. The van der Waals surface area contributed by atoms with E-state index >= 15 is 0 Å². The number of amides is 1. The monoisotopic (exact) mass is 549 g/mol. The molecule has 0 saturated heterocycles. The highest BCUT2D eigenvalue weighted by atomic mass is 35.5. The first kappa shape index (κ1) is 25.4. The summed E-state index contributed by atoms with van der Waals surface area (Å²) in [5.74, 6) is 0.972. The number of hydrogen-bond acceptors (Lipinski definition) is 5. The zero-order chi connectivity index (χ0) is 26.1. The third-order valence-corrected chi connectivity index (χ3v) is 7.90. The summed E-state index contributed by atoms with van der Waals surface area (Å²) in [5.41, 5.74) is 6.00. The number of fused-ring (bicyclic) bond motifs is 1. The van der Waals surface area contributed by atoms with E-state index in [1.165, 1.54) is 11.8 Å². The van der Waals surface area contributed by atoms with E-state index in [1.54, 1.807) is 4.68 Å². The van der Waals surface area contributed by atoms with Gasteiger partial charge in [0, 0.05) is 27.2 Å². The number of anilines is 2. The molecule has 3 aromatic carbocycles. The number of hydrogen-bond donors (Lipinski definition) is 2. The molecule has 4 aromatic rings. The van der Waals surface area contributed by atoms with Crippen LogP contribution in [0.2, 0.25) is 10.0 Å². The normalized spacial score (nSPS) is 14.8. The Hall–Kier alpha value is -3.26. The fourth-order valence-corrected chi connectivity index (χ4v) is 5.62. The summed E-state index contributed by atoms with van der Waals surface area (Å²) in [5, 5.41) is 13.1. The minimum atomic E-state index is -0.512. The van der Waals surface area contributed by atoms with Crippen molar-refractivity contribution in [3.8, 4) is 0 Å². The molecule has 1 unspecified atom stereocenters. The number of allylic oxidation sites excluding steroid dienone is 1. The Balaban J connectivity index is 1.51. The van der Waals surface area contributed by atoms with Crippen molar-refractivity contribution in [1.82, 2.24) is 14.8 Å². The van der Waals surface area contributed by atoms with E-state index in [2.05, 4.69) is 10.6 Å². The molecule has 0 radical (unpaired) electrons. The van der Waals surface area contributed by atoms with Gasteiger partial charge in [0.2, 0.25) is 11.1 Å². The summed E-state index contributed by atoms with van der Waals surface area (Å²) >= 11 is 14.2. The van der Waals surface area contributed by atoms with Gasteiger partial charge in [-0.2, -0.15) is 4.98 Å². The average molecular weight is 551 g/mol. The van der Waals surface area contributed by atoms with Gasteiger partial charge in [-0.15, -0.1) is 5.10 Å². The molecule has 5 rings (SSSR count). The van der Waals surface area contributed by atoms with Gasteiger partial charge in [-0.05, 0) is 67.3 Å². The zero-order valence-electron chi connectivity index (χ0n) is 20.5. The van der Waals surface area contributed by atoms with E-state index < -0.39 is 6.04 Å². The molecule has 1 aromatic heterocycles. The van der Waals surface area contributed by atoms with Gasteiger partial charge in [0.05, 0.1) is 5.57 Å². The van der Waals surface area contributed by atoms with Crippen LogP contribution >= 0.6 is 35.0 Å². The van der Waals surface area contributed by atoms with Gasteiger partial charge in [-0.3, -0.25) is 4.79 Å². The molecule has 9 heteroatoms.